The van der Waals surface area contributed by atoms with Crippen molar-refractivity contribution in [2.24, 2.45) is 0 Å². The van der Waals surface area contributed by atoms with Gasteiger partial charge >= 0.3 is 0 Å². The van der Waals surface area contributed by atoms with Crippen molar-refractivity contribution >= 4 is 11.6 Å². The summed E-state index contributed by atoms with van der Waals surface area (Å²) < 4.78 is 5.05. The Labute approximate surface area is 111 Å². The van der Waals surface area contributed by atoms with Crippen LogP contribution in [0.4, 0.5) is 5.69 Å². The number of nitro groups is 1. The number of nitrogens with zero attached hydrogens (tertiary/aromatic N) is 1. The normalized spacial score (nSPS) is 10.0. The maximum atomic E-state index is 11.9. The van der Waals surface area contributed by atoms with Crippen LogP contribution in [0.5, 0.6) is 5.75 Å². The molecule has 0 aliphatic heterocycles. The Kier molecular flexibility index (Phi) is 5.78. The standard InChI is InChI=1S/C13H18N2O4/c1-3-4-5-8-14-13(16)11-9-10(15(17)18)6-7-12(11)19-2/h6-7,9H,3-5,8H2,1-2H3,(H,14,16). The third-order valence-corrected chi connectivity index (χ3v) is 2.70. The number of amides is 1. The van der Waals surface area contributed by atoms with E-state index in [1.165, 1.54) is 25.3 Å². The maximum Gasteiger partial charge on any atom is 0.270 e. The Hall–Kier alpha value is -2.11. The van der Waals surface area contributed by atoms with Crippen molar-refractivity contribution in [2.75, 3.05) is 13.7 Å². The van der Waals surface area contributed by atoms with Crippen LogP contribution in [0, 0.1) is 10.1 Å². The van der Waals surface area contributed by atoms with Crippen molar-refractivity contribution in [2.45, 2.75) is 26.2 Å². The fraction of sp³-hybridized carbons (Fsp3) is 0.462. The summed E-state index contributed by atoms with van der Waals surface area (Å²) in [5, 5.41) is 13.4. The first kappa shape index (κ1) is 14.9. The molecule has 0 fully saturated rings. The lowest BCUT2D eigenvalue weighted by Crippen LogP contribution is -2.25. The van der Waals surface area contributed by atoms with E-state index in [2.05, 4.69) is 12.2 Å². The average Bonchev–Trinajstić information content (AvgIpc) is 2.42. The molecule has 0 saturated carbocycles. The van der Waals surface area contributed by atoms with Crippen molar-refractivity contribution in [1.82, 2.24) is 5.32 Å². The van der Waals surface area contributed by atoms with Gasteiger partial charge in [0.1, 0.15) is 5.75 Å². The fourth-order valence-electron chi connectivity index (χ4n) is 1.66. The molecule has 0 aromatic heterocycles. The molecule has 19 heavy (non-hydrogen) atoms. The molecule has 6 heteroatoms. The predicted molar refractivity (Wildman–Crippen MR) is 71.5 cm³/mol. The summed E-state index contributed by atoms with van der Waals surface area (Å²) in [6.07, 6.45) is 2.99. The molecule has 1 aromatic rings. The van der Waals surface area contributed by atoms with Gasteiger partial charge in [-0.2, -0.15) is 0 Å². The minimum absolute atomic E-state index is 0.125. The minimum atomic E-state index is -0.534. The summed E-state index contributed by atoms with van der Waals surface area (Å²) in [5.74, 6) is -0.0183. The van der Waals surface area contributed by atoms with Crippen LogP contribution in [0.2, 0.25) is 0 Å². The van der Waals surface area contributed by atoms with E-state index in [0.717, 1.165) is 19.3 Å². The van der Waals surface area contributed by atoms with Gasteiger partial charge in [-0.25, -0.2) is 0 Å². The first-order valence-electron chi connectivity index (χ1n) is 6.20. The molecule has 0 unspecified atom stereocenters. The average molecular weight is 266 g/mol. The van der Waals surface area contributed by atoms with Gasteiger partial charge in [-0.05, 0) is 12.5 Å². The lowest BCUT2D eigenvalue weighted by atomic mass is 10.1. The molecule has 0 atom stereocenters. The number of hydrogen-bond donors (Lipinski definition) is 1. The molecule has 0 spiro atoms. The molecular weight excluding hydrogens is 248 g/mol. The zero-order valence-electron chi connectivity index (χ0n) is 11.1. The predicted octanol–water partition coefficient (Wildman–Crippen LogP) is 2.52. The van der Waals surface area contributed by atoms with Crippen LogP contribution in [-0.2, 0) is 0 Å². The van der Waals surface area contributed by atoms with E-state index in [4.69, 9.17) is 4.74 Å². The summed E-state index contributed by atoms with van der Waals surface area (Å²) in [4.78, 5) is 22.1. The van der Waals surface area contributed by atoms with E-state index >= 15 is 0 Å². The number of ether oxygens (including phenoxy) is 1. The van der Waals surface area contributed by atoms with Crippen molar-refractivity contribution < 1.29 is 14.5 Å². The van der Waals surface area contributed by atoms with Crippen LogP contribution >= 0.6 is 0 Å². The SMILES string of the molecule is CCCCCNC(=O)c1cc([N+](=O)[O-])ccc1OC. The van der Waals surface area contributed by atoms with Gasteiger partial charge in [0.25, 0.3) is 11.6 Å². The van der Waals surface area contributed by atoms with Gasteiger partial charge in [-0.1, -0.05) is 19.8 Å². The van der Waals surface area contributed by atoms with Crippen LogP contribution in [0.3, 0.4) is 0 Å². The summed E-state index contributed by atoms with van der Waals surface area (Å²) in [6, 6.07) is 3.97. The van der Waals surface area contributed by atoms with Crippen LogP contribution < -0.4 is 10.1 Å². The molecule has 1 aromatic carbocycles. The zero-order valence-corrected chi connectivity index (χ0v) is 11.1. The fourth-order valence-corrected chi connectivity index (χ4v) is 1.66. The topological polar surface area (TPSA) is 81.5 Å². The van der Waals surface area contributed by atoms with Crippen molar-refractivity contribution in [3.8, 4) is 5.75 Å². The van der Waals surface area contributed by atoms with Gasteiger partial charge in [-0.15, -0.1) is 0 Å². The number of methoxy groups -OCH3 is 1. The molecule has 1 amide bonds. The molecule has 0 heterocycles. The summed E-state index contributed by atoms with van der Waals surface area (Å²) in [6.45, 7) is 2.63. The highest BCUT2D eigenvalue weighted by atomic mass is 16.6. The Balaban J connectivity index is 2.81. The lowest BCUT2D eigenvalue weighted by Gasteiger charge is -2.09. The van der Waals surface area contributed by atoms with E-state index in [1.54, 1.807) is 0 Å². The monoisotopic (exact) mass is 266 g/mol. The van der Waals surface area contributed by atoms with E-state index < -0.39 is 4.92 Å². The van der Waals surface area contributed by atoms with E-state index in [0.29, 0.717) is 12.3 Å². The van der Waals surface area contributed by atoms with Crippen LogP contribution in [-0.4, -0.2) is 24.5 Å². The van der Waals surface area contributed by atoms with Gasteiger partial charge < -0.3 is 10.1 Å². The number of unbranched alkanes of at least 4 members (excludes halogenated alkanes) is 2. The number of nitro benzene ring substituents is 1. The number of hydrogen-bond acceptors (Lipinski definition) is 4. The van der Waals surface area contributed by atoms with Gasteiger partial charge in [0, 0.05) is 18.7 Å². The number of carbonyl (C=O) groups excluding carboxylic acids is 1. The van der Waals surface area contributed by atoms with Crippen molar-refractivity contribution in [1.29, 1.82) is 0 Å². The molecule has 0 aliphatic carbocycles. The lowest BCUT2D eigenvalue weighted by molar-refractivity contribution is -0.384. The second-order valence-corrected chi connectivity index (χ2v) is 4.10. The smallest absolute Gasteiger partial charge is 0.270 e. The molecule has 6 nitrogen and oxygen atoms in total. The first-order valence-corrected chi connectivity index (χ1v) is 6.20. The Morgan fingerprint density at radius 3 is 2.74 bits per heavy atom. The minimum Gasteiger partial charge on any atom is -0.496 e. The van der Waals surface area contributed by atoms with Gasteiger partial charge in [0.05, 0.1) is 17.6 Å². The number of carbonyl (C=O) groups is 1. The number of nitrogens with one attached hydrogen (secondary N) is 1. The molecule has 0 radical (unpaired) electrons. The summed E-state index contributed by atoms with van der Waals surface area (Å²) in [7, 11) is 1.43. The summed E-state index contributed by atoms with van der Waals surface area (Å²) in [5.41, 5.74) is 0.0627. The highest BCUT2D eigenvalue weighted by molar-refractivity contribution is 5.97. The third-order valence-electron chi connectivity index (χ3n) is 2.70. The van der Waals surface area contributed by atoms with Gasteiger partial charge in [0.2, 0.25) is 0 Å². The van der Waals surface area contributed by atoms with Crippen LogP contribution in [0.1, 0.15) is 36.5 Å². The van der Waals surface area contributed by atoms with E-state index in [1.807, 2.05) is 0 Å². The number of rotatable bonds is 7. The molecule has 0 aliphatic rings. The number of benzene rings is 1. The maximum absolute atomic E-state index is 11.9. The highest BCUT2D eigenvalue weighted by Crippen LogP contribution is 2.23. The van der Waals surface area contributed by atoms with E-state index in [-0.39, 0.29) is 17.2 Å². The summed E-state index contributed by atoms with van der Waals surface area (Å²) >= 11 is 0. The second kappa shape index (κ2) is 7.35. The van der Waals surface area contributed by atoms with Crippen molar-refractivity contribution in [3.63, 3.8) is 0 Å². The van der Waals surface area contributed by atoms with Gasteiger partial charge in [0.15, 0.2) is 0 Å². The molecule has 1 rings (SSSR count). The number of non-ortho nitro benzene ring substituents is 1. The van der Waals surface area contributed by atoms with Crippen LogP contribution in [0.25, 0.3) is 0 Å². The Morgan fingerprint density at radius 2 is 2.16 bits per heavy atom. The molecule has 0 bridgehead atoms. The van der Waals surface area contributed by atoms with Crippen molar-refractivity contribution in [3.05, 3.63) is 33.9 Å². The van der Waals surface area contributed by atoms with Crippen LogP contribution in [0.15, 0.2) is 18.2 Å². The van der Waals surface area contributed by atoms with Gasteiger partial charge in [-0.3, -0.25) is 14.9 Å². The highest BCUT2D eigenvalue weighted by Gasteiger charge is 2.16. The Morgan fingerprint density at radius 1 is 1.42 bits per heavy atom. The zero-order chi connectivity index (χ0) is 14.3. The molecule has 104 valence electrons. The molecular formula is C13H18N2O4. The molecule has 1 N–H and O–H groups in total. The second-order valence-electron chi connectivity index (χ2n) is 4.10. The quantitative estimate of drug-likeness (QED) is 0.467. The first-order chi connectivity index (χ1) is 9.10. The largest absolute Gasteiger partial charge is 0.496 e. The Bertz CT molecular complexity index is 460. The van der Waals surface area contributed by atoms with E-state index in [9.17, 15) is 14.9 Å². The third kappa shape index (κ3) is 4.24. The molecule has 0 saturated heterocycles.